The second-order valence-corrected chi connectivity index (χ2v) is 5.28. The molecule has 1 saturated heterocycles. The first kappa shape index (κ1) is 12.9. The molecule has 1 aromatic heterocycles. The number of carbonyl (C=O) groups excluding carboxylic acids is 1. The summed E-state index contributed by atoms with van der Waals surface area (Å²) in [5.41, 5.74) is 2.77. The van der Waals surface area contributed by atoms with E-state index in [9.17, 15) is 4.79 Å². The molecule has 104 valence electrons. The number of amides is 1. The number of nitrogens with zero attached hydrogens (tertiary/aromatic N) is 1. The third kappa shape index (κ3) is 2.58. The lowest BCUT2D eigenvalue weighted by Gasteiger charge is -2.14. The summed E-state index contributed by atoms with van der Waals surface area (Å²) < 4.78 is 0. The molecule has 0 spiro atoms. The molecular weight excluding hydrogens is 252 g/mol. The third-order valence-corrected chi connectivity index (χ3v) is 3.80. The highest BCUT2D eigenvalue weighted by molar-refractivity contribution is 5.93. The fraction of sp³-hybridized carbons (Fsp3) is 0.333. The van der Waals surface area contributed by atoms with E-state index in [0.717, 1.165) is 30.0 Å². The Balaban J connectivity index is 1.74. The summed E-state index contributed by atoms with van der Waals surface area (Å²) in [6, 6.07) is 9.69. The highest BCUT2D eigenvalue weighted by Crippen LogP contribution is 2.22. The standard InChI is InChI=1S/C15H18N4O/c1-10-8-16-9-13(10)15(20)18-12-4-2-3-11(7-12)14-5-6-17-19-14/h2-7,10,13,16H,8-9H2,1H3,(H,17,19)(H,18,20). The van der Waals surface area contributed by atoms with Gasteiger partial charge >= 0.3 is 0 Å². The molecule has 3 rings (SSSR count). The average molecular weight is 270 g/mol. The molecule has 3 N–H and O–H groups in total. The second kappa shape index (κ2) is 5.46. The fourth-order valence-corrected chi connectivity index (χ4v) is 2.58. The van der Waals surface area contributed by atoms with Gasteiger partial charge in [0.05, 0.1) is 11.6 Å². The van der Waals surface area contributed by atoms with Gasteiger partial charge in [-0.05, 0) is 30.7 Å². The largest absolute Gasteiger partial charge is 0.326 e. The van der Waals surface area contributed by atoms with Crippen molar-refractivity contribution in [2.24, 2.45) is 11.8 Å². The Morgan fingerprint density at radius 2 is 2.25 bits per heavy atom. The van der Waals surface area contributed by atoms with Crippen LogP contribution in [0, 0.1) is 11.8 Å². The molecular formula is C15H18N4O. The molecule has 1 fully saturated rings. The molecule has 0 radical (unpaired) electrons. The number of nitrogens with one attached hydrogen (secondary N) is 3. The Kier molecular flexibility index (Phi) is 3.52. The van der Waals surface area contributed by atoms with Crippen LogP contribution in [0.3, 0.4) is 0 Å². The number of rotatable bonds is 3. The molecule has 2 unspecified atom stereocenters. The maximum atomic E-state index is 12.3. The quantitative estimate of drug-likeness (QED) is 0.797. The van der Waals surface area contributed by atoms with Crippen molar-refractivity contribution in [3.8, 4) is 11.3 Å². The number of aromatic amines is 1. The van der Waals surface area contributed by atoms with Gasteiger partial charge < -0.3 is 10.6 Å². The van der Waals surface area contributed by atoms with Crippen LogP contribution in [0.1, 0.15) is 6.92 Å². The molecule has 5 heteroatoms. The first-order chi connectivity index (χ1) is 9.74. The van der Waals surface area contributed by atoms with Gasteiger partial charge in [0.2, 0.25) is 5.91 Å². The first-order valence-electron chi connectivity index (χ1n) is 6.85. The van der Waals surface area contributed by atoms with Gasteiger partial charge in [0, 0.05) is 24.0 Å². The molecule has 5 nitrogen and oxygen atoms in total. The normalized spacial score (nSPS) is 21.9. The van der Waals surface area contributed by atoms with Crippen molar-refractivity contribution in [2.75, 3.05) is 18.4 Å². The Hall–Kier alpha value is -2.14. The average Bonchev–Trinajstić information content (AvgIpc) is 3.09. The van der Waals surface area contributed by atoms with Crippen LogP contribution in [-0.2, 0) is 4.79 Å². The van der Waals surface area contributed by atoms with Crippen molar-refractivity contribution in [1.82, 2.24) is 15.5 Å². The van der Waals surface area contributed by atoms with E-state index in [-0.39, 0.29) is 11.8 Å². The Labute approximate surface area is 117 Å². The number of H-pyrrole nitrogens is 1. The predicted molar refractivity (Wildman–Crippen MR) is 78.2 cm³/mol. The van der Waals surface area contributed by atoms with Gasteiger partial charge in [-0.1, -0.05) is 19.1 Å². The van der Waals surface area contributed by atoms with Gasteiger partial charge in [0.25, 0.3) is 0 Å². The maximum absolute atomic E-state index is 12.3. The molecule has 0 bridgehead atoms. The van der Waals surface area contributed by atoms with Crippen LogP contribution in [0.25, 0.3) is 11.3 Å². The lowest BCUT2D eigenvalue weighted by Crippen LogP contribution is -2.27. The first-order valence-corrected chi connectivity index (χ1v) is 6.85. The molecule has 2 aromatic rings. The fourth-order valence-electron chi connectivity index (χ4n) is 2.58. The highest BCUT2D eigenvalue weighted by Gasteiger charge is 2.29. The van der Waals surface area contributed by atoms with E-state index in [1.54, 1.807) is 6.20 Å². The van der Waals surface area contributed by atoms with Crippen LogP contribution in [0.2, 0.25) is 0 Å². The summed E-state index contributed by atoms with van der Waals surface area (Å²) in [6.07, 6.45) is 1.71. The Morgan fingerprint density at radius 1 is 1.35 bits per heavy atom. The molecule has 1 aliphatic rings. The van der Waals surface area contributed by atoms with E-state index in [2.05, 4.69) is 27.8 Å². The van der Waals surface area contributed by atoms with Crippen molar-refractivity contribution in [1.29, 1.82) is 0 Å². The minimum atomic E-state index is 0.0470. The third-order valence-electron chi connectivity index (χ3n) is 3.80. The van der Waals surface area contributed by atoms with E-state index >= 15 is 0 Å². The smallest absolute Gasteiger partial charge is 0.229 e. The molecule has 2 heterocycles. The van der Waals surface area contributed by atoms with Crippen LogP contribution in [-0.4, -0.2) is 29.2 Å². The molecule has 1 amide bonds. The zero-order chi connectivity index (χ0) is 13.9. The van der Waals surface area contributed by atoms with Crippen molar-refractivity contribution in [3.05, 3.63) is 36.5 Å². The van der Waals surface area contributed by atoms with Crippen LogP contribution < -0.4 is 10.6 Å². The number of hydrogen-bond acceptors (Lipinski definition) is 3. The Bertz CT molecular complexity index is 594. The van der Waals surface area contributed by atoms with Gasteiger partial charge in [-0.15, -0.1) is 0 Å². The van der Waals surface area contributed by atoms with E-state index in [1.807, 2.05) is 30.3 Å². The van der Waals surface area contributed by atoms with E-state index < -0.39 is 0 Å². The zero-order valence-corrected chi connectivity index (χ0v) is 11.4. The summed E-state index contributed by atoms with van der Waals surface area (Å²) in [6.45, 7) is 3.77. The molecule has 1 aromatic carbocycles. The van der Waals surface area contributed by atoms with Crippen molar-refractivity contribution in [2.45, 2.75) is 6.92 Å². The van der Waals surface area contributed by atoms with Crippen molar-refractivity contribution >= 4 is 11.6 Å². The lowest BCUT2D eigenvalue weighted by molar-refractivity contribution is -0.120. The lowest BCUT2D eigenvalue weighted by atomic mass is 9.97. The van der Waals surface area contributed by atoms with Gasteiger partial charge in [-0.3, -0.25) is 9.89 Å². The minimum Gasteiger partial charge on any atom is -0.326 e. The van der Waals surface area contributed by atoms with Crippen LogP contribution in [0.15, 0.2) is 36.5 Å². The summed E-state index contributed by atoms with van der Waals surface area (Å²) >= 11 is 0. The SMILES string of the molecule is CC1CNCC1C(=O)Nc1cccc(-c2ccn[nH]2)c1. The Morgan fingerprint density at radius 3 is 2.95 bits per heavy atom. The molecule has 0 saturated carbocycles. The number of hydrogen-bond donors (Lipinski definition) is 3. The number of anilines is 1. The van der Waals surface area contributed by atoms with Gasteiger partial charge in [0.15, 0.2) is 0 Å². The number of carbonyl (C=O) groups is 1. The van der Waals surface area contributed by atoms with Crippen molar-refractivity contribution in [3.63, 3.8) is 0 Å². The van der Waals surface area contributed by atoms with Gasteiger partial charge in [-0.25, -0.2) is 0 Å². The van der Waals surface area contributed by atoms with Crippen LogP contribution in [0.4, 0.5) is 5.69 Å². The van der Waals surface area contributed by atoms with Crippen molar-refractivity contribution < 1.29 is 4.79 Å². The topological polar surface area (TPSA) is 69.8 Å². The summed E-state index contributed by atoms with van der Waals surface area (Å²) in [5.74, 6) is 0.515. The van der Waals surface area contributed by atoms with Crippen LogP contribution in [0.5, 0.6) is 0 Å². The number of benzene rings is 1. The predicted octanol–water partition coefficient (Wildman–Crippen LogP) is 1.87. The molecule has 1 aliphatic heterocycles. The van der Waals surface area contributed by atoms with Gasteiger partial charge in [-0.2, -0.15) is 5.10 Å². The van der Waals surface area contributed by atoms with E-state index in [1.165, 1.54) is 0 Å². The molecule has 2 atom stereocenters. The molecule has 0 aliphatic carbocycles. The van der Waals surface area contributed by atoms with Crippen LogP contribution >= 0.6 is 0 Å². The maximum Gasteiger partial charge on any atom is 0.229 e. The minimum absolute atomic E-state index is 0.0470. The zero-order valence-electron chi connectivity index (χ0n) is 11.4. The molecule has 20 heavy (non-hydrogen) atoms. The van der Waals surface area contributed by atoms with E-state index in [4.69, 9.17) is 0 Å². The van der Waals surface area contributed by atoms with Gasteiger partial charge in [0.1, 0.15) is 0 Å². The summed E-state index contributed by atoms with van der Waals surface area (Å²) in [4.78, 5) is 12.3. The number of aromatic nitrogens is 2. The second-order valence-electron chi connectivity index (χ2n) is 5.28. The summed E-state index contributed by atoms with van der Waals surface area (Å²) in [5, 5.41) is 13.1. The summed E-state index contributed by atoms with van der Waals surface area (Å²) in [7, 11) is 0. The van der Waals surface area contributed by atoms with E-state index in [0.29, 0.717) is 5.92 Å². The highest BCUT2D eigenvalue weighted by atomic mass is 16.1. The monoisotopic (exact) mass is 270 g/mol.